The summed E-state index contributed by atoms with van der Waals surface area (Å²) in [5, 5.41) is 7.38. The zero-order valence-electron chi connectivity index (χ0n) is 14.1. The lowest BCUT2D eigenvalue weighted by atomic mass is 10.0. The highest BCUT2D eigenvalue weighted by molar-refractivity contribution is 7.18. The van der Waals surface area contributed by atoms with Crippen molar-refractivity contribution in [1.29, 1.82) is 0 Å². The summed E-state index contributed by atoms with van der Waals surface area (Å²) in [6.45, 7) is 3.97. The SMILES string of the molecule is CCc1nc2ccc(C(=O)NC3CCN(c4nccs4)CC3)cc2s1. The number of fused-ring (bicyclic) bond motifs is 1. The standard InChI is InChI=1S/C18H20N4OS2/c1-2-16-21-14-4-3-12(11-15(14)25-16)17(23)20-13-5-8-22(9-6-13)18-19-7-10-24-18/h3-4,7,10-11,13H,2,5-6,8-9H2,1H3,(H,20,23). The van der Waals surface area contributed by atoms with Crippen LogP contribution in [-0.2, 0) is 6.42 Å². The van der Waals surface area contributed by atoms with Crippen molar-refractivity contribution in [2.75, 3.05) is 18.0 Å². The number of carbonyl (C=O) groups is 1. The van der Waals surface area contributed by atoms with Gasteiger partial charge < -0.3 is 10.2 Å². The number of aromatic nitrogens is 2. The van der Waals surface area contributed by atoms with Gasteiger partial charge in [-0.3, -0.25) is 4.79 Å². The van der Waals surface area contributed by atoms with E-state index in [1.165, 1.54) is 0 Å². The summed E-state index contributed by atoms with van der Waals surface area (Å²) >= 11 is 3.34. The number of hydrogen-bond donors (Lipinski definition) is 1. The molecule has 1 aliphatic rings. The molecule has 2 aromatic heterocycles. The lowest BCUT2D eigenvalue weighted by Crippen LogP contribution is -2.44. The van der Waals surface area contributed by atoms with Crippen LogP contribution in [-0.4, -0.2) is 35.0 Å². The van der Waals surface area contributed by atoms with Gasteiger partial charge in [-0.15, -0.1) is 22.7 Å². The number of carbonyl (C=O) groups excluding carboxylic acids is 1. The average molecular weight is 373 g/mol. The third-order valence-electron chi connectivity index (χ3n) is 4.52. The van der Waals surface area contributed by atoms with Crippen LogP contribution in [0, 0.1) is 0 Å². The highest BCUT2D eigenvalue weighted by Gasteiger charge is 2.22. The number of rotatable bonds is 4. The van der Waals surface area contributed by atoms with Crippen molar-refractivity contribution >= 4 is 43.9 Å². The fraction of sp³-hybridized carbons (Fsp3) is 0.389. The molecule has 0 spiro atoms. The molecule has 1 saturated heterocycles. The van der Waals surface area contributed by atoms with Crippen molar-refractivity contribution in [2.24, 2.45) is 0 Å². The summed E-state index contributed by atoms with van der Waals surface area (Å²) in [6, 6.07) is 6.02. The van der Waals surface area contributed by atoms with Crippen molar-refractivity contribution in [3.8, 4) is 0 Å². The molecule has 0 atom stereocenters. The average Bonchev–Trinajstić information content (AvgIpc) is 3.31. The Kier molecular flexibility index (Phi) is 4.67. The second-order valence-electron chi connectivity index (χ2n) is 6.19. The van der Waals surface area contributed by atoms with Crippen molar-refractivity contribution in [2.45, 2.75) is 32.2 Å². The van der Waals surface area contributed by atoms with Gasteiger partial charge in [0.15, 0.2) is 5.13 Å². The van der Waals surface area contributed by atoms with Crippen molar-refractivity contribution in [1.82, 2.24) is 15.3 Å². The molecule has 130 valence electrons. The zero-order valence-corrected chi connectivity index (χ0v) is 15.7. The lowest BCUT2D eigenvalue weighted by Gasteiger charge is -2.32. The maximum atomic E-state index is 12.6. The van der Waals surface area contributed by atoms with E-state index in [-0.39, 0.29) is 11.9 Å². The first-order chi connectivity index (χ1) is 12.2. The number of thiazole rings is 2. The highest BCUT2D eigenvalue weighted by atomic mass is 32.1. The monoisotopic (exact) mass is 372 g/mol. The molecule has 0 aliphatic carbocycles. The van der Waals surface area contributed by atoms with Crippen LogP contribution in [0.4, 0.5) is 5.13 Å². The maximum Gasteiger partial charge on any atom is 0.251 e. The number of benzene rings is 1. The fourth-order valence-corrected chi connectivity index (χ4v) is 4.76. The predicted octanol–water partition coefficient (Wildman–Crippen LogP) is 3.71. The Morgan fingerprint density at radius 2 is 2.20 bits per heavy atom. The van der Waals surface area contributed by atoms with Crippen LogP contribution in [0.1, 0.15) is 35.1 Å². The van der Waals surface area contributed by atoms with Crippen LogP contribution in [0.25, 0.3) is 10.2 Å². The maximum absolute atomic E-state index is 12.6. The normalized spacial score (nSPS) is 15.6. The van der Waals surface area contributed by atoms with Crippen LogP contribution in [0.2, 0.25) is 0 Å². The van der Waals surface area contributed by atoms with Crippen molar-refractivity contribution < 1.29 is 4.79 Å². The number of piperidine rings is 1. The Morgan fingerprint density at radius 3 is 2.92 bits per heavy atom. The molecule has 4 rings (SSSR count). The zero-order chi connectivity index (χ0) is 17.2. The van der Waals surface area contributed by atoms with E-state index in [1.807, 2.05) is 29.8 Å². The second kappa shape index (κ2) is 7.09. The third-order valence-corrected chi connectivity index (χ3v) is 6.51. The first-order valence-corrected chi connectivity index (χ1v) is 10.3. The second-order valence-corrected chi connectivity index (χ2v) is 8.18. The minimum atomic E-state index is 0.0149. The van der Waals surface area contributed by atoms with E-state index in [0.717, 1.165) is 58.3 Å². The summed E-state index contributed by atoms with van der Waals surface area (Å²) in [5.41, 5.74) is 1.70. The largest absolute Gasteiger partial charge is 0.349 e. The minimum absolute atomic E-state index is 0.0149. The van der Waals surface area contributed by atoms with Crippen molar-refractivity contribution in [3.05, 3.63) is 40.3 Å². The molecule has 5 nitrogen and oxygen atoms in total. The van der Waals surface area contributed by atoms with Gasteiger partial charge in [0.1, 0.15) is 0 Å². The Bertz CT molecular complexity index is 866. The van der Waals surface area contributed by atoms with Gasteiger partial charge in [0.25, 0.3) is 5.91 Å². The lowest BCUT2D eigenvalue weighted by molar-refractivity contribution is 0.0931. The molecule has 1 amide bonds. The van der Waals surface area contributed by atoms with Crippen LogP contribution in [0.3, 0.4) is 0 Å². The number of anilines is 1. The van der Waals surface area contributed by atoms with E-state index >= 15 is 0 Å². The summed E-state index contributed by atoms with van der Waals surface area (Å²) in [7, 11) is 0. The highest BCUT2D eigenvalue weighted by Crippen LogP contribution is 2.25. The number of amides is 1. The van der Waals surface area contributed by atoms with E-state index in [1.54, 1.807) is 22.7 Å². The summed E-state index contributed by atoms with van der Waals surface area (Å²) in [4.78, 5) is 23.8. The number of nitrogens with zero attached hydrogens (tertiary/aromatic N) is 3. The molecular formula is C18H20N4OS2. The summed E-state index contributed by atoms with van der Waals surface area (Å²) < 4.78 is 1.09. The molecule has 7 heteroatoms. The molecule has 1 N–H and O–H groups in total. The van der Waals surface area contributed by atoms with E-state index in [2.05, 4.69) is 27.1 Å². The molecular weight excluding hydrogens is 352 g/mol. The fourth-order valence-electron chi connectivity index (χ4n) is 3.12. The van der Waals surface area contributed by atoms with E-state index in [9.17, 15) is 4.79 Å². The molecule has 25 heavy (non-hydrogen) atoms. The Balaban J connectivity index is 1.39. The van der Waals surface area contributed by atoms with Gasteiger partial charge >= 0.3 is 0 Å². The topological polar surface area (TPSA) is 58.1 Å². The van der Waals surface area contributed by atoms with Crippen LogP contribution < -0.4 is 10.2 Å². The van der Waals surface area contributed by atoms with Crippen LogP contribution >= 0.6 is 22.7 Å². The molecule has 0 saturated carbocycles. The van der Waals surface area contributed by atoms with E-state index < -0.39 is 0 Å². The number of nitrogens with one attached hydrogen (secondary N) is 1. The van der Waals surface area contributed by atoms with Gasteiger partial charge in [-0.25, -0.2) is 9.97 Å². The van der Waals surface area contributed by atoms with Gasteiger partial charge in [0.2, 0.25) is 0 Å². The van der Waals surface area contributed by atoms with Gasteiger partial charge in [0.05, 0.1) is 15.2 Å². The van der Waals surface area contributed by atoms with Gasteiger partial charge in [-0.1, -0.05) is 6.92 Å². The van der Waals surface area contributed by atoms with Gasteiger partial charge in [-0.05, 0) is 37.5 Å². The van der Waals surface area contributed by atoms with Crippen LogP contribution in [0.15, 0.2) is 29.8 Å². The molecule has 3 aromatic rings. The molecule has 1 fully saturated rings. The third kappa shape index (κ3) is 3.52. The first kappa shape index (κ1) is 16.5. The Hall–Kier alpha value is -1.99. The Labute approximate surface area is 154 Å². The van der Waals surface area contributed by atoms with Gasteiger partial charge in [-0.2, -0.15) is 0 Å². The molecule has 1 aliphatic heterocycles. The minimum Gasteiger partial charge on any atom is -0.349 e. The number of hydrogen-bond acceptors (Lipinski definition) is 6. The molecule has 1 aromatic carbocycles. The quantitative estimate of drug-likeness (QED) is 0.758. The predicted molar refractivity (Wildman–Crippen MR) is 104 cm³/mol. The van der Waals surface area contributed by atoms with Crippen LogP contribution in [0.5, 0.6) is 0 Å². The van der Waals surface area contributed by atoms with E-state index in [0.29, 0.717) is 0 Å². The molecule has 0 unspecified atom stereocenters. The first-order valence-electron chi connectivity index (χ1n) is 8.57. The van der Waals surface area contributed by atoms with Crippen molar-refractivity contribution in [3.63, 3.8) is 0 Å². The van der Waals surface area contributed by atoms with E-state index in [4.69, 9.17) is 0 Å². The van der Waals surface area contributed by atoms with Gasteiger partial charge in [0, 0.05) is 36.3 Å². The summed E-state index contributed by atoms with van der Waals surface area (Å²) in [5.74, 6) is 0.0149. The smallest absolute Gasteiger partial charge is 0.251 e. The molecule has 0 bridgehead atoms. The summed E-state index contributed by atoms with van der Waals surface area (Å²) in [6.07, 6.45) is 4.67. The molecule has 0 radical (unpaired) electrons. The Morgan fingerprint density at radius 1 is 1.36 bits per heavy atom. The molecule has 3 heterocycles. The number of aryl methyl sites for hydroxylation is 1.